The van der Waals surface area contributed by atoms with Crippen LogP contribution in [0, 0.1) is 0 Å². The van der Waals surface area contributed by atoms with Crippen LogP contribution in [0.25, 0.3) is 0 Å². The van der Waals surface area contributed by atoms with E-state index in [4.69, 9.17) is 16.4 Å². The highest BCUT2D eigenvalue weighted by Crippen LogP contribution is 2.22. The van der Waals surface area contributed by atoms with Gasteiger partial charge in [0.05, 0.1) is 11.1 Å². The van der Waals surface area contributed by atoms with Crippen molar-refractivity contribution in [2.24, 2.45) is 5.16 Å². The van der Waals surface area contributed by atoms with Gasteiger partial charge in [-0.25, -0.2) is 0 Å². The number of oxime groups is 1. The van der Waals surface area contributed by atoms with Gasteiger partial charge < -0.3 is 4.84 Å². The predicted octanol–water partition coefficient (Wildman–Crippen LogP) is 2.96. The van der Waals surface area contributed by atoms with Gasteiger partial charge in [-0.15, -0.1) is 11.6 Å². The molecular formula is C10H10BrClN2O. The molecule has 0 spiro atoms. The van der Waals surface area contributed by atoms with E-state index >= 15 is 0 Å². The zero-order chi connectivity index (χ0) is 10.8. The number of halogens is 2. The Morgan fingerprint density at radius 1 is 1.60 bits per heavy atom. The van der Waals surface area contributed by atoms with E-state index in [2.05, 4.69) is 26.1 Å². The van der Waals surface area contributed by atoms with Crippen LogP contribution >= 0.6 is 27.5 Å². The lowest BCUT2D eigenvalue weighted by Crippen LogP contribution is -2.18. The molecule has 0 saturated carbocycles. The molecule has 0 bridgehead atoms. The van der Waals surface area contributed by atoms with Crippen LogP contribution in [-0.2, 0) is 4.84 Å². The molecule has 0 N–H and O–H groups in total. The average molecular weight is 290 g/mol. The van der Waals surface area contributed by atoms with Crippen molar-refractivity contribution < 1.29 is 4.84 Å². The average Bonchev–Trinajstić information content (AvgIpc) is 2.66. The summed E-state index contributed by atoms with van der Waals surface area (Å²) in [6, 6.07) is 1.97. The van der Waals surface area contributed by atoms with E-state index in [0.717, 1.165) is 22.2 Å². The maximum atomic E-state index is 5.94. The van der Waals surface area contributed by atoms with Crippen molar-refractivity contribution >= 4 is 33.2 Å². The molecule has 0 saturated heterocycles. The van der Waals surface area contributed by atoms with E-state index in [1.807, 2.05) is 13.0 Å². The number of hydrogen-bond donors (Lipinski definition) is 0. The predicted molar refractivity (Wildman–Crippen MR) is 63.3 cm³/mol. The van der Waals surface area contributed by atoms with Crippen LogP contribution in [-0.4, -0.2) is 22.2 Å². The molecule has 2 atom stereocenters. The molecule has 15 heavy (non-hydrogen) atoms. The summed E-state index contributed by atoms with van der Waals surface area (Å²) >= 11 is 9.31. The van der Waals surface area contributed by atoms with E-state index in [-0.39, 0.29) is 11.5 Å². The standard InChI is InChI=1S/C10H10BrClN2O/c1-6(12)10-3-9(14-15-10)7-2-8(11)5-13-4-7/h2,4-6,10H,3H2,1H3. The van der Waals surface area contributed by atoms with Gasteiger partial charge in [0, 0.05) is 28.9 Å². The summed E-state index contributed by atoms with van der Waals surface area (Å²) in [5.41, 5.74) is 1.88. The lowest BCUT2D eigenvalue weighted by Gasteiger charge is -2.08. The van der Waals surface area contributed by atoms with Crippen molar-refractivity contribution in [1.82, 2.24) is 4.98 Å². The molecule has 1 aliphatic rings. The van der Waals surface area contributed by atoms with Gasteiger partial charge in [0.1, 0.15) is 6.10 Å². The van der Waals surface area contributed by atoms with Gasteiger partial charge in [0.25, 0.3) is 0 Å². The second-order valence-corrected chi connectivity index (χ2v) is 5.06. The van der Waals surface area contributed by atoms with Crippen LogP contribution in [0.3, 0.4) is 0 Å². The molecule has 0 aromatic carbocycles. The molecule has 5 heteroatoms. The van der Waals surface area contributed by atoms with E-state index in [0.29, 0.717) is 0 Å². The first-order valence-electron chi connectivity index (χ1n) is 4.64. The number of pyridine rings is 1. The smallest absolute Gasteiger partial charge is 0.149 e. The van der Waals surface area contributed by atoms with E-state index < -0.39 is 0 Å². The Hall–Kier alpha value is -0.610. The first-order chi connectivity index (χ1) is 7.16. The Labute approximate surface area is 102 Å². The zero-order valence-corrected chi connectivity index (χ0v) is 10.5. The lowest BCUT2D eigenvalue weighted by atomic mass is 10.1. The van der Waals surface area contributed by atoms with Gasteiger partial charge in [0.15, 0.2) is 0 Å². The summed E-state index contributed by atoms with van der Waals surface area (Å²) in [4.78, 5) is 9.32. The molecule has 2 heterocycles. The monoisotopic (exact) mass is 288 g/mol. The molecule has 1 aliphatic heterocycles. The molecule has 1 aromatic rings. The molecule has 0 fully saturated rings. The maximum Gasteiger partial charge on any atom is 0.149 e. The zero-order valence-electron chi connectivity index (χ0n) is 8.15. The minimum absolute atomic E-state index is 0.0272. The molecule has 1 aromatic heterocycles. The third-order valence-corrected chi connectivity index (χ3v) is 2.96. The highest BCUT2D eigenvalue weighted by atomic mass is 79.9. The van der Waals surface area contributed by atoms with Crippen molar-refractivity contribution in [2.45, 2.75) is 24.8 Å². The summed E-state index contributed by atoms with van der Waals surface area (Å²) in [5, 5.41) is 3.99. The molecule has 0 aliphatic carbocycles. The van der Waals surface area contributed by atoms with E-state index in [1.165, 1.54) is 0 Å². The lowest BCUT2D eigenvalue weighted by molar-refractivity contribution is 0.0855. The molecule has 2 rings (SSSR count). The Balaban J connectivity index is 2.14. The van der Waals surface area contributed by atoms with Gasteiger partial charge >= 0.3 is 0 Å². The van der Waals surface area contributed by atoms with Crippen LogP contribution in [0.5, 0.6) is 0 Å². The normalized spacial score (nSPS) is 22.1. The second kappa shape index (κ2) is 4.49. The summed E-state index contributed by atoms with van der Waals surface area (Å²) in [5.74, 6) is 0. The molecular weight excluding hydrogens is 279 g/mol. The Morgan fingerprint density at radius 2 is 2.40 bits per heavy atom. The number of alkyl halides is 1. The second-order valence-electron chi connectivity index (χ2n) is 3.46. The summed E-state index contributed by atoms with van der Waals surface area (Å²) in [6.07, 6.45) is 4.22. The highest BCUT2D eigenvalue weighted by molar-refractivity contribution is 9.10. The van der Waals surface area contributed by atoms with Crippen LogP contribution in [0.2, 0.25) is 0 Å². The molecule has 0 amide bonds. The minimum atomic E-state index is -0.0358. The summed E-state index contributed by atoms with van der Waals surface area (Å²) in [7, 11) is 0. The van der Waals surface area contributed by atoms with Crippen molar-refractivity contribution in [3.05, 3.63) is 28.5 Å². The highest BCUT2D eigenvalue weighted by Gasteiger charge is 2.26. The summed E-state index contributed by atoms with van der Waals surface area (Å²) in [6.45, 7) is 1.91. The van der Waals surface area contributed by atoms with Crippen molar-refractivity contribution in [3.63, 3.8) is 0 Å². The van der Waals surface area contributed by atoms with Gasteiger partial charge in [-0.2, -0.15) is 0 Å². The van der Waals surface area contributed by atoms with Crippen molar-refractivity contribution in [3.8, 4) is 0 Å². The SMILES string of the molecule is CC(Cl)C1CC(c2cncc(Br)c2)=NO1. The fourth-order valence-corrected chi connectivity index (χ4v) is 1.88. The number of nitrogens with zero attached hydrogens (tertiary/aromatic N) is 2. The first kappa shape index (κ1) is 10.9. The number of rotatable bonds is 2. The van der Waals surface area contributed by atoms with E-state index in [9.17, 15) is 0 Å². The van der Waals surface area contributed by atoms with Gasteiger partial charge in [-0.05, 0) is 28.9 Å². The van der Waals surface area contributed by atoms with Crippen LogP contribution in [0.1, 0.15) is 18.9 Å². The van der Waals surface area contributed by atoms with E-state index in [1.54, 1.807) is 12.4 Å². The van der Waals surface area contributed by atoms with Gasteiger partial charge in [-0.3, -0.25) is 4.98 Å². The van der Waals surface area contributed by atoms with Crippen LogP contribution in [0.15, 0.2) is 28.1 Å². The summed E-state index contributed by atoms with van der Waals surface area (Å²) < 4.78 is 0.935. The molecule has 2 unspecified atom stereocenters. The van der Waals surface area contributed by atoms with Crippen molar-refractivity contribution in [1.29, 1.82) is 0 Å². The Morgan fingerprint density at radius 3 is 3.00 bits per heavy atom. The molecule has 0 radical (unpaired) electrons. The quantitative estimate of drug-likeness (QED) is 0.785. The third-order valence-electron chi connectivity index (χ3n) is 2.24. The molecule has 80 valence electrons. The van der Waals surface area contributed by atoms with Gasteiger partial charge in [-0.1, -0.05) is 5.16 Å². The fourth-order valence-electron chi connectivity index (χ4n) is 1.38. The van der Waals surface area contributed by atoms with Crippen molar-refractivity contribution in [2.75, 3.05) is 0 Å². The number of hydrogen-bond acceptors (Lipinski definition) is 3. The van der Waals surface area contributed by atoms with Gasteiger partial charge in [0.2, 0.25) is 0 Å². The fraction of sp³-hybridized carbons (Fsp3) is 0.400. The third kappa shape index (κ3) is 2.49. The maximum absolute atomic E-state index is 5.94. The minimum Gasteiger partial charge on any atom is -0.390 e. The largest absolute Gasteiger partial charge is 0.390 e. The Kier molecular flexibility index (Phi) is 3.26. The first-order valence-corrected chi connectivity index (χ1v) is 5.87. The van der Waals surface area contributed by atoms with Crippen LogP contribution < -0.4 is 0 Å². The van der Waals surface area contributed by atoms with Crippen LogP contribution in [0.4, 0.5) is 0 Å². The Bertz CT molecular complexity index is 395. The molecule has 3 nitrogen and oxygen atoms in total. The number of aromatic nitrogens is 1. The topological polar surface area (TPSA) is 34.5 Å².